The minimum absolute atomic E-state index is 0.334. The third kappa shape index (κ3) is 1.97. The third-order valence-corrected chi connectivity index (χ3v) is 5.73. The number of benzene rings is 1. The summed E-state index contributed by atoms with van der Waals surface area (Å²) in [6, 6.07) is 9.38. The van der Waals surface area contributed by atoms with Gasteiger partial charge in [-0.05, 0) is 37.8 Å². The van der Waals surface area contributed by atoms with Crippen LogP contribution >= 0.6 is 0 Å². The molecule has 1 saturated heterocycles. The number of fused-ring (bicyclic) bond motifs is 3. The van der Waals surface area contributed by atoms with Gasteiger partial charge in [-0.2, -0.15) is 0 Å². The summed E-state index contributed by atoms with van der Waals surface area (Å²) < 4.78 is 0. The van der Waals surface area contributed by atoms with Crippen molar-refractivity contribution in [1.82, 2.24) is 4.90 Å². The Morgan fingerprint density at radius 2 is 2.05 bits per heavy atom. The van der Waals surface area contributed by atoms with E-state index in [1.165, 1.54) is 17.7 Å². The maximum atomic E-state index is 12.5. The molecule has 1 aromatic rings. The first-order valence-corrected chi connectivity index (χ1v) is 8.44. The summed E-state index contributed by atoms with van der Waals surface area (Å²) in [5.74, 6) is 1.27. The minimum atomic E-state index is 0.334. The van der Waals surface area contributed by atoms with Crippen LogP contribution in [0.3, 0.4) is 0 Å². The van der Waals surface area contributed by atoms with Crippen LogP contribution in [0, 0.1) is 5.92 Å². The Morgan fingerprint density at radius 3 is 2.76 bits per heavy atom. The fourth-order valence-electron chi connectivity index (χ4n) is 4.38. The molecule has 3 nitrogen and oxygen atoms in total. The first kappa shape index (κ1) is 13.2. The van der Waals surface area contributed by atoms with E-state index in [0.29, 0.717) is 23.8 Å². The van der Waals surface area contributed by atoms with Gasteiger partial charge in [0.25, 0.3) is 0 Å². The van der Waals surface area contributed by atoms with Crippen molar-refractivity contribution in [2.45, 2.75) is 44.6 Å². The number of carbonyl (C=O) groups excluding carboxylic acids is 1. The number of rotatable bonds is 2. The van der Waals surface area contributed by atoms with Gasteiger partial charge >= 0.3 is 0 Å². The number of hydrogen-bond acceptors (Lipinski definition) is 2. The number of likely N-dealkylation sites (tertiary alicyclic amines) is 1. The fraction of sp³-hybridized carbons (Fsp3) is 0.611. The van der Waals surface area contributed by atoms with Crippen LogP contribution in [-0.2, 0) is 4.79 Å². The van der Waals surface area contributed by atoms with E-state index in [9.17, 15) is 4.79 Å². The molecule has 0 unspecified atom stereocenters. The number of likely N-dealkylation sites (N-methyl/N-ethyl adjacent to an activating group) is 1. The second kappa shape index (κ2) is 5.04. The predicted octanol–water partition coefficient (Wildman–Crippen LogP) is 3.01. The van der Waals surface area contributed by atoms with Gasteiger partial charge in [-0.15, -0.1) is 0 Å². The molecule has 2 aliphatic heterocycles. The molecular weight excluding hydrogens is 260 g/mol. The highest BCUT2D eigenvalue weighted by molar-refractivity contribution is 5.80. The zero-order valence-corrected chi connectivity index (χ0v) is 12.8. The SMILES string of the molecule is CCN1c2ccccc2[C@@H]2CN(C(=O)C3CCC3)CC[C@@H]21. The predicted molar refractivity (Wildman–Crippen MR) is 84.5 cm³/mol. The van der Waals surface area contributed by atoms with Crippen LogP contribution in [0.25, 0.3) is 0 Å². The van der Waals surface area contributed by atoms with Crippen LogP contribution < -0.4 is 4.90 Å². The number of carbonyl (C=O) groups is 1. The molecule has 1 aromatic carbocycles. The number of piperidine rings is 1. The summed E-state index contributed by atoms with van der Waals surface area (Å²) in [6.07, 6.45) is 4.58. The van der Waals surface area contributed by atoms with Crippen molar-refractivity contribution in [3.05, 3.63) is 29.8 Å². The largest absolute Gasteiger partial charge is 0.368 e. The van der Waals surface area contributed by atoms with E-state index < -0.39 is 0 Å². The van der Waals surface area contributed by atoms with Gasteiger partial charge in [-0.1, -0.05) is 24.6 Å². The Balaban J connectivity index is 1.58. The smallest absolute Gasteiger partial charge is 0.225 e. The summed E-state index contributed by atoms with van der Waals surface area (Å²) in [6.45, 7) is 5.17. The van der Waals surface area contributed by atoms with Crippen molar-refractivity contribution < 1.29 is 4.79 Å². The lowest BCUT2D eigenvalue weighted by atomic mass is 9.82. The lowest BCUT2D eigenvalue weighted by Gasteiger charge is -2.41. The molecule has 0 N–H and O–H groups in total. The average molecular weight is 284 g/mol. The quantitative estimate of drug-likeness (QED) is 0.833. The van der Waals surface area contributed by atoms with Gasteiger partial charge in [-0.3, -0.25) is 4.79 Å². The van der Waals surface area contributed by atoms with E-state index >= 15 is 0 Å². The lowest BCUT2D eigenvalue weighted by Crippen LogP contribution is -2.50. The van der Waals surface area contributed by atoms with Crippen molar-refractivity contribution >= 4 is 11.6 Å². The molecular formula is C18H24N2O. The second-order valence-electron chi connectivity index (χ2n) is 6.72. The van der Waals surface area contributed by atoms with Gasteiger partial charge in [-0.25, -0.2) is 0 Å². The molecule has 1 saturated carbocycles. The number of anilines is 1. The number of amides is 1. The molecule has 3 heteroatoms. The third-order valence-electron chi connectivity index (χ3n) is 5.73. The topological polar surface area (TPSA) is 23.6 Å². The van der Waals surface area contributed by atoms with Gasteiger partial charge in [0.2, 0.25) is 5.91 Å². The molecule has 2 heterocycles. The number of nitrogens with zero attached hydrogens (tertiary/aromatic N) is 2. The van der Waals surface area contributed by atoms with E-state index in [2.05, 4.69) is 41.0 Å². The van der Waals surface area contributed by atoms with Gasteiger partial charge in [0.1, 0.15) is 0 Å². The molecule has 2 atom stereocenters. The van der Waals surface area contributed by atoms with Crippen molar-refractivity contribution in [2.24, 2.45) is 5.92 Å². The molecule has 3 aliphatic rings. The van der Waals surface area contributed by atoms with Crippen LogP contribution in [0.5, 0.6) is 0 Å². The Bertz CT molecular complexity index is 552. The molecule has 112 valence electrons. The van der Waals surface area contributed by atoms with E-state index in [4.69, 9.17) is 0 Å². The van der Waals surface area contributed by atoms with Crippen LogP contribution in [0.1, 0.15) is 44.1 Å². The highest BCUT2D eigenvalue weighted by atomic mass is 16.2. The molecule has 0 spiro atoms. The van der Waals surface area contributed by atoms with Crippen LogP contribution in [0.2, 0.25) is 0 Å². The first-order chi connectivity index (χ1) is 10.3. The molecule has 1 amide bonds. The monoisotopic (exact) mass is 284 g/mol. The highest BCUT2D eigenvalue weighted by Crippen LogP contribution is 2.44. The van der Waals surface area contributed by atoms with E-state index in [1.54, 1.807) is 0 Å². The van der Waals surface area contributed by atoms with E-state index in [0.717, 1.165) is 38.9 Å². The Kier molecular flexibility index (Phi) is 3.16. The van der Waals surface area contributed by atoms with Crippen molar-refractivity contribution in [2.75, 3.05) is 24.5 Å². The van der Waals surface area contributed by atoms with E-state index in [-0.39, 0.29) is 0 Å². The van der Waals surface area contributed by atoms with E-state index in [1.807, 2.05) is 0 Å². The lowest BCUT2D eigenvalue weighted by molar-refractivity contribution is -0.139. The van der Waals surface area contributed by atoms with Gasteiger partial charge in [0.05, 0.1) is 0 Å². The Labute approximate surface area is 126 Å². The molecule has 2 fully saturated rings. The Morgan fingerprint density at radius 1 is 1.24 bits per heavy atom. The molecule has 0 aromatic heterocycles. The molecule has 4 rings (SSSR count). The molecule has 0 radical (unpaired) electrons. The maximum Gasteiger partial charge on any atom is 0.225 e. The summed E-state index contributed by atoms with van der Waals surface area (Å²) in [7, 11) is 0. The fourth-order valence-corrected chi connectivity index (χ4v) is 4.38. The highest BCUT2D eigenvalue weighted by Gasteiger charge is 2.43. The summed E-state index contributed by atoms with van der Waals surface area (Å²) >= 11 is 0. The summed E-state index contributed by atoms with van der Waals surface area (Å²) in [5, 5.41) is 0. The van der Waals surface area contributed by atoms with Crippen LogP contribution in [0.4, 0.5) is 5.69 Å². The maximum absolute atomic E-state index is 12.5. The average Bonchev–Trinajstić information content (AvgIpc) is 2.78. The van der Waals surface area contributed by atoms with Gasteiger partial charge in [0, 0.05) is 43.2 Å². The van der Waals surface area contributed by atoms with Crippen molar-refractivity contribution in [3.8, 4) is 0 Å². The molecule has 21 heavy (non-hydrogen) atoms. The standard InChI is InChI=1S/C18H24N2O/c1-2-20-16-9-4-3-8-14(16)15-12-19(11-10-17(15)20)18(21)13-6-5-7-13/h3-4,8-9,13,15,17H,2,5-7,10-12H2,1H3/t15-,17-/m0/s1. The number of para-hydroxylation sites is 1. The normalized spacial score (nSPS) is 28.0. The summed E-state index contributed by atoms with van der Waals surface area (Å²) in [4.78, 5) is 17.2. The first-order valence-electron chi connectivity index (χ1n) is 8.44. The Hall–Kier alpha value is -1.51. The van der Waals surface area contributed by atoms with Gasteiger partial charge in [0.15, 0.2) is 0 Å². The van der Waals surface area contributed by atoms with Crippen molar-refractivity contribution in [3.63, 3.8) is 0 Å². The zero-order chi connectivity index (χ0) is 14.4. The minimum Gasteiger partial charge on any atom is -0.368 e. The van der Waals surface area contributed by atoms with Gasteiger partial charge < -0.3 is 9.80 Å². The zero-order valence-electron chi connectivity index (χ0n) is 12.8. The van der Waals surface area contributed by atoms with Crippen LogP contribution in [-0.4, -0.2) is 36.5 Å². The van der Waals surface area contributed by atoms with Crippen LogP contribution in [0.15, 0.2) is 24.3 Å². The summed E-state index contributed by atoms with van der Waals surface area (Å²) in [5.41, 5.74) is 2.85. The molecule has 1 aliphatic carbocycles. The second-order valence-corrected chi connectivity index (χ2v) is 6.72. The number of hydrogen-bond donors (Lipinski definition) is 0. The molecule has 0 bridgehead atoms. The van der Waals surface area contributed by atoms with Crippen molar-refractivity contribution in [1.29, 1.82) is 0 Å².